The molecular weight excluding hydrogens is 114 g/mol. The minimum Gasteiger partial charge on any atom is -0.310 e. The molecule has 0 aliphatic carbocycles. The van der Waals surface area contributed by atoms with Gasteiger partial charge >= 0.3 is 0 Å². The molecule has 0 heterocycles. The molecular formula is C7H14NO. The molecule has 0 aromatic carbocycles. The van der Waals surface area contributed by atoms with Crippen molar-refractivity contribution >= 4 is 6.29 Å². The highest BCUT2D eigenvalue weighted by Crippen LogP contribution is 2.03. The Hall–Kier alpha value is -0.370. The molecule has 2 nitrogen and oxygen atoms in total. The summed E-state index contributed by atoms with van der Waals surface area (Å²) in [5.74, 6) is 0.396. The average molecular weight is 128 g/mol. The van der Waals surface area contributed by atoms with Crippen molar-refractivity contribution in [3.8, 4) is 0 Å². The first-order chi connectivity index (χ1) is 4.26. The van der Waals surface area contributed by atoms with Gasteiger partial charge in [0, 0.05) is 0 Å². The van der Waals surface area contributed by atoms with E-state index in [-0.39, 0.29) is 6.04 Å². The summed E-state index contributed by atoms with van der Waals surface area (Å²) in [7, 11) is 1.78. The number of hydrogen-bond donors (Lipinski definition) is 1. The minimum absolute atomic E-state index is 0.0880. The standard InChI is InChI=1S/C7H14NO/c1-4-6(2)7(5-9)8-3/h6-8H,4H2,1-3H3/t6-,7-/m1/s1. The second-order valence-electron chi connectivity index (χ2n) is 2.27. The zero-order chi connectivity index (χ0) is 7.28. The van der Waals surface area contributed by atoms with Crippen LogP contribution in [-0.2, 0) is 4.79 Å². The average Bonchev–Trinajstić information content (AvgIpc) is 1.90. The van der Waals surface area contributed by atoms with Crippen molar-refractivity contribution in [2.75, 3.05) is 7.05 Å². The molecule has 0 rings (SSSR count). The van der Waals surface area contributed by atoms with Crippen molar-refractivity contribution in [1.82, 2.24) is 5.32 Å². The third-order valence-corrected chi connectivity index (χ3v) is 1.65. The van der Waals surface area contributed by atoms with Gasteiger partial charge in [-0.15, -0.1) is 0 Å². The first kappa shape index (κ1) is 8.63. The van der Waals surface area contributed by atoms with Gasteiger partial charge in [-0.3, -0.25) is 4.79 Å². The minimum atomic E-state index is -0.0880. The van der Waals surface area contributed by atoms with Crippen molar-refractivity contribution in [2.45, 2.75) is 26.3 Å². The number of rotatable bonds is 4. The van der Waals surface area contributed by atoms with Crippen molar-refractivity contribution in [1.29, 1.82) is 0 Å². The van der Waals surface area contributed by atoms with Gasteiger partial charge in [0.25, 0.3) is 0 Å². The Morgan fingerprint density at radius 1 is 1.67 bits per heavy atom. The van der Waals surface area contributed by atoms with Gasteiger partial charge in [0.2, 0.25) is 6.29 Å². The first-order valence-corrected chi connectivity index (χ1v) is 3.31. The molecule has 0 bridgehead atoms. The van der Waals surface area contributed by atoms with E-state index >= 15 is 0 Å². The Morgan fingerprint density at radius 3 is 2.33 bits per heavy atom. The Labute approximate surface area is 56.6 Å². The predicted molar refractivity (Wildman–Crippen MR) is 38.0 cm³/mol. The van der Waals surface area contributed by atoms with E-state index in [1.807, 2.05) is 13.2 Å². The van der Waals surface area contributed by atoms with Crippen molar-refractivity contribution < 1.29 is 4.79 Å². The molecule has 0 saturated carbocycles. The summed E-state index contributed by atoms with van der Waals surface area (Å²) in [6.07, 6.45) is 2.96. The molecule has 1 radical (unpaired) electrons. The zero-order valence-electron chi connectivity index (χ0n) is 6.27. The molecule has 2 atom stereocenters. The molecule has 0 aliphatic heterocycles. The van der Waals surface area contributed by atoms with Gasteiger partial charge in [0.15, 0.2) is 0 Å². The van der Waals surface area contributed by atoms with Crippen LogP contribution in [0.5, 0.6) is 0 Å². The van der Waals surface area contributed by atoms with Gasteiger partial charge in [0.1, 0.15) is 0 Å². The highest BCUT2D eigenvalue weighted by Gasteiger charge is 2.11. The molecule has 0 aromatic heterocycles. The summed E-state index contributed by atoms with van der Waals surface area (Å²) >= 11 is 0. The molecule has 0 aromatic rings. The van der Waals surface area contributed by atoms with Gasteiger partial charge < -0.3 is 5.32 Å². The predicted octanol–water partition coefficient (Wildman–Crippen LogP) is 0.730. The number of likely N-dealkylation sites (N-methyl/N-ethyl adjacent to an activating group) is 1. The highest BCUT2D eigenvalue weighted by molar-refractivity contribution is 5.58. The van der Waals surface area contributed by atoms with Crippen LogP contribution in [0.4, 0.5) is 0 Å². The molecule has 0 spiro atoms. The first-order valence-electron chi connectivity index (χ1n) is 3.31. The van der Waals surface area contributed by atoms with Crippen LogP contribution in [0.15, 0.2) is 0 Å². The third-order valence-electron chi connectivity index (χ3n) is 1.65. The summed E-state index contributed by atoms with van der Waals surface area (Å²) in [6, 6.07) is -0.0880. The van der Waals surface area contributed by atoms with Gasteiger partial charge in [-0.2, -0.15) is 0 Å². The molecule has 0 unspecified atom stereocenters. The summed E-state index contributed by atoms with van der Waals surface area (Å²) in [5.41, 5.74) is 0. The number of hydrogen-bond acceptors (Lipinski definition) is 2. The molecule has 9 heavy (non-hydrogen) atoms. The Balaban J connectivity index is 3.63. The van der Waals surface area contributed by atoms with Crippen LogP contribution in [0.2, 0.25) is 0 Å². The Kier molecular flexibility index (Phi) is 4.32. The lowest BCUT2D eigenvalue weighted by atomic mass is 10.0. The second kappa shape index (κ2) is 4.50. The topological polar surface area (TPSA) is 29.1 Å². The van der Waals surface area contributed by atoms with E-state index in [1.54, 1.807) is 7.05 Å². The lowest BCUT2D eigenvalue weighted by Gasteiger charge is -2.13. The van der Waals surface area contributed by atoms with Crippen LogP contribution < -0.4 is 5.32 Å². The van der Waals surface area contributed by atoms with Gasteiger partial charge in [0.05, 0.1) is 6.04 Å². The molecule has 1 N–H and O–H groups in total. The SMILES string of the molecule is CC[C@@H](C)[C@@H]([C]=O)NC. The smallest absolute Gasteiger partial charge is 0.217 e. The van der Waals surface area contributed by atoms with Crippen LogP contribution in [0.1, 0.15) is 20.3 Å². The van der Waals surface area contributed by atoms with E-state index in [0.29, 0.717) is 5.92 Å². The fourth-order valence-electron chi connectivity index (χ4n) is 0.695. The maximum Gasteiger partial charge on any atom is 0.217 e. The molecule has 2 heteroatoms. The van der Waals surface area contributed by atoms with E-state index in [1.165, 1.54) is 0 Å². The van der Waals surface area contributed by atoms with Crippen molar-refractivity contribution in [2.24, 2.45) is 5.92 Å². The highest BCUT2D eigenvalue weighted by atomic mass is 16.1. The number of carbonyl (C=O) groups excluding carboxylic acids is 1. The maximum atomic E-state index is 10.1. The quantitative estimate of drug-likeness (QED) is 0.604. The molecule has 53 valence electrons. The monoisotopic (exact) mass is 128 g/mol. The molecule has 0 aliphatic rings. The largest absolute Gasteiger partial charge is 0.310 e. The summed E-state index contributed by atoms with van der Waals surface area (Å²) in [4.78, 5) is 10.1. The molecule has 0 saturated heterocycles. The maximum absolute atomic E-state index is 10.1. The van der Waals surface area contributed by atoms with Crippen molar-refractivity contribution in [3.05, 3.63) is 0 Å². The van der Waals surface area contributed by atoms with Crippen LogP contribution in [0, 0.1) is 5.92 Å². The third kappa shape index (κ3) is 2.61. The van der Waals surface area contributed by atoms with Crippen LogP contribution in [-0.4, -0.2) is 19.4 Å². The lowest BCUT2D eigenvalue weighted by Crippen LogP contribution is -2.32. The molecule has 0 amide bonds. The van der Waals surface area contributed by atoms with Gasteiger partial charge in [-0.25, -0.2) is 0 Å². The Morgan fingerprint density at radius 2 is 2.22 bits per heavy atom. The van der Waals surface area contributed by atoms with E-state index in [2.05, 4.69) is 12.2 Å². The second-order valence-corrected chi connectivity index (χ2v) is 2.27. The van der Waals surface area contributed by atoms with Crippen LogP contribution >= 0.6 is 0 Å². The van der Waals surface area contributed by atoms with Crippen LogP contribution in [0.25, 0.3) is 0 Å². The summed E-state index contributed by atoms with van der Waals surface area (Å²) in [6.45, 7) is 4.10. The number of nitrogens with one attached hydrogen (secondary N) is 1. The van der Waals surface area contributed by atoms with Gasteiger partial charge in [-0.05, 0) is 13.0 Å². The van der Waals surface area contributed by atoms with E-state index in [0.717, 1.165) is 6.42 Å². The summed E-state index contributed by atoms with van der Waals surface area (Å²) < 4.78 is 0. The fraction of sp³-hybridized carbons (Fsp3) is 0.857. The van der Waals surface area contributed by atoms with E-state index in [4.69, 9.17) is 0 Å². The fourth-order valence-corrected chi connectivity index (χ4v) is 0.695. The van der Waals surface area contributed by atoms with E-state index < -0.39 is 0 Å². The lowest BCUT2D eigenvalue weighted by molar-refractivity contribution is 0.438. The van der Waals surface area contributed by atoms with E-state index in [9.17, 15) is 4.79 Å². The zero-order valence-corrected chi connectivity index (χ0v) is 6.27. The van der Waals surface area contributed by atoms with Crippen molar-refractivity contribution in [3.63, 3.8) is 0 Å². The van der Waals surface area contributed by atoms with Gasteiger partial charge in [-0.1, -0.05) is 20.3 Å². The Bertz CT molecular complexity index is 83.0. The van der Waals surface area contributed by atoms with Crippen LogP contribution in [0.3, 0.4) is 0 Å². The summed E-state index contributed by atoms with van der Waals surface area (Å²) in [5, 5.41) is 2.88. The molecule has 0 fully saturated rings. The normalized spacial score (nSPS) is 16.8.